The van der Waals surface area contributed by atoms with E-state index in [1.54, 1.807) is 30.3 Å². The fraction of sp³-hybridized carbons (Fsp3) is 0.227. The van der Waals surface area contributed by atoms with E-state index in [-0.39, 0.29) is 18.2 Å². The highest BCUT2D eigenvalue weighted by Crippen LogP contribution is 2.30. The second-order valence-corrected chi connectivity index (χ2v) is 7.94. The van der Waals surface area contributed by atoms with Gasteiger partial charge in [-0.1, -0.05) is 23.2 Å². The number of halogens is 2. The molecule has 148 valence electrons. The second-order valence-electron chi connectivity index (χ2n) is 7.12. The molecule has 2 heterocycles. The smallest absolute Gasteiger partial charge is 0.266 e. The number of carbonyl (C=O) groups is 2. The summed E-state index contributed by atoms with van der Waals surface area (Å²) >= 11 is 12.2. The van der Waals surface area contributed by atoms with Gasteiger partial charge in [0.05, 0.1) is 23.0 Å². The molecule has 1 amide bonds. The van der Waals surface area contributed by atoms with Crippen molar-refractivity contribution in [3.8, 4) is 11.3 Å². The molecular weight excluding hydrogens is 409 g/mol. The van der Waals surface area contributed by atoms with Crippen molar-refractivity contribution in [1.82, 2.24) is 4.57 Å². The van der Waals surface area contributed by atoms with E-state index >= 15 is 0 Å². The van der Waals surface area contributed by atoms with Crippen LogP contribution in [0.15, 0.2) is 48.7 Å². The maximum absolute atomic E-state index is 12.6. The Labute approximate surface area is 178 Å². The highest BCUT2D eigenvalue weighted by molar-refractivity contribution is 6.42. The Morgan fingerprint density at radius 3 is 2.55 bits per heavy atom. The van der Waals surface area contributed by atoms with E-state index in [1.165, 1.54) is 6.92 Å². The zero-order chi connectivity index (χ0) is 20.5. The van der Waals surface area contributed by atoms with Gasteiger partial charge in [-0.3, -0.25) is 9.59 Å². The Hall–Kier alpha value is -2.63. The number of nitrogens with one attached hydrogen (secondary N) is 1. The Morgan fingerprint density at radius 2 is 1.86 bits per heavy atom. The number of aromatic nitrogens is 2. The van der Waals surface area contributed by atoms with E-state index in [0.29, 0.717) is 21.3 Å². The maximum atomic E-state index is 12.6. The number of hydrogen-bond acceptors (Lipinski definition) is 2. The first-order valence-electron chi connectivity index (χ1n) is 9.40. The fourth-order valence-electron chi connectivity index (χ4n) is 3.68. The predicted molar refractivity (Wildman–Crippen MR) is 113 cm³/mol. The summed E-state index contributed by atoms with van der Waals surface area (Å²) in [5, 5.41) is 3.92. The van der Waals surface area contributed by atoms with Crippen LogP contribution in [0.2, 0.25) is 10.0 Å². The van der Waals surface area contributed by atoms with Gasteiger partial charge < -0.3 is 5.32 Å². The lowest BCUT2D eigenvalue weighted by Gasteiger charge is -2.05. The highest BCUT2D eigenvalue weighted by Gasteiger charge is 2.29. The third-order valence-electron chi connectivity index (χ3n) is 5.10. The molecule has 0 atom stereocenters. The van der Waals surface area contributed by atoms with Crippen LogP contribution in [0, 0.1) is 0 Å². The monoisotopic (exact) mass is 428 g/mol. The number of fused-ring (bicyclic) bond motifs is 1. The van der Waals surface area contributed by atoms with Crippen molar-refractivity contribution in [3.63, 3.8) is 0 Å². The number of nitrogens with zero attached hydrogens (tertiary/aromatic N) is 2. The van der Waals surface area contributed by atoms with Crippen molar-refractivity contribution in [1.29, 1.82) is 0 Å². The molecule has 0 bridgehead atoms. The van der Waals surface area contributed by atoms with Crippen LogP contribution in [0.3, 0.4) is 0 Å². The van der Waals surface area contributed by atoms with Crippen LogP contribution < -0.4 is 9.88 Å². The number of anilines is 1. The molecule has 1 aliphatic rings. The molecule has 0 unspecified atom stereocenters. The molecule has 1 aliphatic heterocycles. The van der Waals surface area contributed by atoms with Crippen LogP contribution in [0.5, 0.6) is 0 Å². The predicted octanol–water partition coefficient (Wildman–Crippen LogP) is 4.54. The Kier molecular flexibility index (Phi) is 5.43. The van der Waals surface area contributed by atoms with Crippen LogP contribution in [0.1, 0.15) is 29.5 Å². The lowest BCUT2D eigenvalue weighted by atomic mass is 10.1. The summed E-state index contributed by atoms with van der Waals surface area (Å²) in [6.07, 6.45) is 3.95. The molecule has 1 N–H and O–H groups in total. The van der Waals surface area contributed by atoms with Crippen molar-refractivity contribution in [2.45, 2.75) is 32.9 Å². The summed E-state index contributed by atoms with van der Waals surface area (Å²) in [6, 6.07) is 12.5. The second kappa shape index (κ2) is 8.01. The van der Waals surface area contributed by atoms with Gasteiger partial charge in [0.15, 0.2) is 18.0 Å². The van der Waals surface area contributed by atoms with E-state index in [2.05, 4.69) is 9.88 Å². The Morgan fingerprint density at radius 1 is 1.10 bits per heavy atom. The minimum Gasteiger partial charge on any atom is -0.323 e. The van der Waals surface area contributed by atoms with Gasteiger partial charge in [-0.25, -0.2) is 9.13 Å². The summed E-state index contributed by atoms with van der Waals surface area (Å²) in [5.41, 5.74) is 3.28. The normalized spacial score (nSPS) is 12.7. The number of hydrogen-bond donors (Lipinski definition) is 1. The van der Waals surface area contributed by atoms with Gasteiger partial charge in [-0.2, -0.15) is 0 Å². The summed E-state index contributed by atoms with van der Waals surface area (Å²) in [7, 11) is 0. The van der Waals surface area contributed by atoms with Crippen LogP contribution >= 0.6 is 23.2 Å². The molecule has 2 aromatic carbocycles. The van der Waals surface area contributed by atoms with Crippen LogP contribution in [-0.4, -0.2) is 16.3 Å². The molecule has 7 heteroatoms. The SMILES string of the molecule is CC(=O)c1ccc(NC(=O)C[n+]2cc(-c3ccc(Cl)c(Cl)c3)n3c2CCC3)cc1. The minimum atomic E-state index is -0.119. The minimum absolute atomic E-state index is 0.00219. The average Bonchev–Trinajstić information content (AvgIpc) is 3.28. The molecule has 0 spiro atoms. The number of Topliss-reactive ketones (excluding diaryl/α,β-unsaturated/α-hetero) is 1. The quantitative estimate of drug-likeness (QED) is 0.479. The first kappa shape index (κ1) is 19.7. The van der Waals surface area contributed by atoms with Crippen LogP contribution in [0.4, 0.5) is 5.69 Å². The van der Waals surface area contributed by atoms with E-state index < -0.39 is 0 Å². The maximum Gasteiger partial charge on any atom is 0.266 e. The van der Waals surface area contributed by atoms with Crippen molar-refractivity contribution >= 4 is 40.6 Å². The van der Waals surface area contributed by atoms with Crippen LogP contribution in [-0.2, 0) is 24.3 Å². The topological polar surface area (TPSA) is 55.0 Å². The molecule has 0 fully saturated rings. The number of imidazole rings is 1. The van der Waals surface area contributed by atoms with Crippen molar-refractivity contribution < 1.29 is 14.2 Å². The number of ketones is 1. The lowest BCUT2D eigenvalue weighted by Crippen LogP contribution is -2.42. The lowest BCUT2D eigenvalue weighted by molar-refractivity contribution is -0.690. The van der Waals surface area contributed by atoms with Gasteiger partial charge in [0.1, 0.15) is 6.20 Å². The largest absolute Gasteiger partial charge is 0.323 e. The molecule has 0 saturated carbocycles. The fourth-order valence-corrected chi connectivity index (χ4v) is 3.97. The molecule has 29 heavy (non-hydrogen) atoms. The third-order valence-corrected chi connectivity index (χ3v) is 5.84. The van der Waals surface area contributed by atoms with E-state index in [1.807, 2.05) is 22.9 Å². The standard InChI is InChI=1S/C22H19Cl2N3O2/c1-14(28)15-4-7-17(8-5-15)25-21(29)13-26-12-20(27-10-2-3-22(26)27)16-6-9-18(23)19(24)11-16/h4-9,11-12H,2-3,10,13H2,1H3/p+1. The highest BCUT2D eigenvalue weighted by atomic mass is 35.5. The Bertz CT molecular complexity index is 1100. The first-order valence-corrected chi connectivity index (χ1v) is 10.2. The van der Waals surface area contributed by atoms with Gasteiger partial charge in [0.2, 0.25) is 0 Å². The number of rotatable bonds is 5. The first-order chi connectivity index (χ1) is 13.9. The molecule has 0 radical (unpaired) electrons. The summed E-state index contributed by atoms with van der Waals surface area (Å²) < 4.78 is 4.22. The summed E-state index contributed by atoms with van der Waals surface area (Å²) in [4.78, 5) is 24.0. The molecule has 5 nitrogen and oxygen atoms in total. The zero-order valence-corrected chi connectivity index (χ0v) is 17.4. The molecule has 0 saturated heterocycles. The number of amides is 1. The zero-order valence-electron chi connectivity index (χ0n) is 15.9. The third kappa shape index (κ3) is 4.07. The van der Waals surface area contributed by atoms with E-state index in [0.717, 1.165) is 36.5 Å². The van der Waals surface area contributed by atoms with Crippen molar-refractivity contribution in [3.05, 3.63) is 70.1 Å². The van der Waals surface area contributed by atoms with Gasteiger partial charge >= 0.3 is 0 Å². The average molecular weight is 429 g/mol. The number of benzene rings is 2. The molecule has 0 aliphatic carbocycles. The van der Waals surface area contributed by atoms with Crippen molar-refractivity contribution in [2.75, 3.05) is 5.32 Å². The summed E-state index contributed by atoms with van der Waals surface area (Å²) in [6.45, 7) is 2.64. The van der Waals surface area contributed by atoms with E-state index in [9.17, 15) is 9.59 Å². The van der Waals surface area contributed by atoms with E-state index in [4.69, 9.17) is 23.2 Å². The van der Waals surface area contributed by atoms with Gasteiger partial charge in [-0.05, 0) is 55.8 Å². The molecule has 3 aromatic rings. The molecular formula is C22H20Cl2N3O2+. The Balaban J connectivity index is 1.55. The molecule has 4 rings (SSSR count). The van der Waals surface area contributed by atoms with Crippen LogP contribution in [0.25, 0.3) is 11.3 Å². The van der Waals surface area contributed by atoms with Crippen molar-refractivity contribution in [2.24, 2.45) is 0 Å². The van der Waals surface area contributed by atoms with Gasteiger partial charge in [0, 0.05) is 16.8 Å². The van der Waals surface area contributed by atoms with Gasteiger partial charge in [-0.15, -0.1) is 0 Å². The van der Waals surface area contributed by atoms with Gasteiger partial charge in [0.25, 0.3) is 11.7 Å². The molecule has 1 aromatic heterocycles. The summed E-state index contributed by atoms with van der Waals surface area (Å²) in [5.74, 6) is 0.998. The number of carbonyl (C=O) groups excluding carboxylic acids is 2.